The maximum Gasteiger partial charge on any atom is 0.261 e. The number of aryl methyl sites for hydroxylation is 1. The molecule has 1 aliphatic carbocycles. The first-order chi connectivity index (χ1) is 12.9. The number of halogens is 1. The normalized spacial score (nSPS) is 18.5. The summed E-state index contributed by atoms with van der Waals surface area (Å²) >= 11 is 0. The SMILES string of the molecule is Cc1cc(S(=O)(=O)Nc2ccc(N3CCN(C4CC4)CC3)cc2)ccc1F. The Kier molecular flexibility index (Phi) is 4.82. The van der Waals surface area contributed by atoms with Crippen LogP contribution in [-0.2, 0) is 10.0 Å². The molecule has 1 aliphatic heterocycles. The topological polar surface area (TPSA) is 52.7 Å². The highest BCUT2D eigenvalue weighted by molar-refractivity contribution is 7.92. The van der Waals surface area contributed by atoms with Crippen molar-refractivity contribution in [1.29, 1.82) is 0 Å². The fraction of sp³-hybridized carbons (Fsp3) is 0.400. The van der Waals surface area contributed by atoms with Gasteiger partial charge in [-0.05, 0) is 67.8 Å². The molecule has 1 saturated carbocycles. The molecule has 1 heterocycles. The summed E-state index contributed by atoms with van der Waals surface area (Å²) in [7, 11) is -3.74. The Bertz CT molecular complexity index is 919. The number of rotatable bonds is 5. The lowest BCUT2D eigenvalue weighted by molar-refractivity contribution is 0.248. The molecule has 4 rings (SSSR count). The van der Waals surface area contributed by atoms with Gasteiger partial charge in [0.1, 0.15) is 5.82 Å². The van der Waals surface area contributed by atoms with Crippen LogP contribution in [0.3, 0.4) is 0 Å². The van der Waals surface area contributed by atoms with Gasteiger partial charge in [0.2, 0.25) is 0 Å². The van der Waals surface area contributed by atoms with E-state index in [1.54, 1.807) is 19.1 Å². The van der Waals surface area contributed by atoms with Gasteiger partial charge in [-0.1, -0.05) is 0 Å². The molecule has 0 bridgehead atoms. The average molecular weight is 389 g/mol. The average Bonchev–Trinajstić information content (AvgIpc) is 3.50. The first-order valence-electron chi connectivity index (χ1n) is 9.30. The van der Waals surface area contributed by atoms with Crippen molar-refractivity contribution in [1.82, 2.24) is 4.90 Å². The second kappa shape index (κ2) is 7.13. The van der Waals surface area contributed by atoms with Crippen LogP contribution >= 0.6 is 0 Å². The van der Waals surface area contributed by atoms with E-state index in [4.69, 9.17) is 0 Å². The van der Waals surface area contributed by atoms with Crippen LogP contribution in [0.1, 0.15) is 18.4 Å². The quantitative estimate of drug-likeness (QED) is 0.853. The Hall–Kier alpha value is -2.12. The van der Waals surface area contributed by atoms with Gasteiger partial charge in [0.25, 0.3) is 10.0 Å². The molecule has 0 amide bonds. The highest BCUT2D eigenvalue weighted by atomic mass is 32.2. The van der Waals surface area contributed by atoms with Gasteiger partial charge in [-0.2, -0.15) is 0 Å². The zero-order valence-corrected chi connectivity index (χ0v) is 16.2. The number of sulfonamides is 1. The van der Waals surface area contributed by atoms with Crippen molar-refractivity contribution in [2.75, 3.05) is 35.8 Å². The molecule has 2 aliphatic rings. The summed E-state index contributed by atoms with van der Waals surface area (Å²) in [5.41, 5.74) is 1.90. The predicted molar refractivity (Wildman–Crippen MR) is 105 cm³/mol. The van der Waals surface area contributed by atoms with Crippen molar-refractivity contribution >= 4 is 21.4 Å². The minimum Gasteiger partial charge on any atom is -0.369 e. The van der Waals surface area contributed by atoms with Gasteiger partial charge < -0.3 is 4.90 Å². The summed E-state index contributed by atoms with van der Waals surface area (Å²) in [6, 6.07) is 12.0. The Balaban J connectivity index is 1.42. The van der Waals surface area contributed by atoms with E-state index in [0.29, 0.717) is 11.3 Å². The van der Waals surface area contributed by atoms with E-state index in [0.717, 1.165) is 37.9 Å². The summed E-state index contributed by atoms with van der Waals surface area (Å²) in [4.78, 5) is 4.95. The number of benzene rings is 2. The molecule has 2 aromatic carbocycles. The summed E-state index contributed by atoms with van der Waals surface area (Å²) in [6.45, 7) is 5.71. The molecule has 5 nitrogen and oxygen atoms in total. The zero-order valence-electron chi connectivity index (χ0n) is 15.4. The fourth-order valence-corrected chi connectivity index (χ4v) is 4.67. The van der Waals surface area contributed by atoms with Gasteiger partial charge in [0.15, 0.2) is 0 Å². The maximum absolute atomic E-state index is 13.4. The maximum atomic E-state index is 13.4. The molecule has 2 aromatic rings. The van der Waals surface area contributed by atoms with Gasteiger partial charge in [-0.15, -0.1) is 0 Å². The number of nitrogens with one attached hydrogen (secondary N) is 1. The fourth-order valence-electron chi connectivity index (χ4n) is 3.52. The smallest absolute Gasteiger partial charge is 0.261 e. The van der Waals surface area contributed by atoms with Crippen LogP contribution in [0.2, 0.25) is 0 Å². The minimum absolute atomic E-state index is 0.0571. The van der Waals surface area contributed by atoms with Crippen molar-refractivity contribution in [3.05, 3.63) is 53.8 Å². The standard InChI is InChI=1S/C20H24FN3O2S/c1-15-14-19(8-9-20(15)21)27(25,26)22-16-2-4-17(5-3-16)23-10-12-24(13-11-23)18-6-7-18/h2-5,8-9,14,18,22H,6-7,10-13H2,1H3. The van der Waals surface area contributed by atoms with Crippen LogP contribution < -0.4 is 9.62 Å². The van der Waals surface area contributed by atoms with Crippen molar-refractivity contribution in [2.45, 2.75) is 30.7 Å². The van der Waals surface area contributed by atoms with E-state index in [-0.39, 0.29) is 4.90 Å². The molecule has 27 heavy (non-hydrogen) atoms. The molecule has 1 N–H and O–H groups in total. The highest BCUT2D eigenvalue weighted by Crippen LogP contribution is 2.29. The van der Waals surface area contributed by atoms with E-state index in [1.807, 2.05) is 12.1 Å². The minimum atomic E-state index is -3.74. The third-order valence-corrected chi connectivity index (χ3v) is 6.68. The molecule has 0 atom stereocenters. The summed E-state index contributed by atoms with van der Waals surface area (Å²) in [5.74, 6) is -0.417. The molecular weight excluding hydrogens is 365 g/mol. The lowest BCUT2D eigenvalue weighted by Gasteiger charge is -2.36. The highest BCUT2D eigenvalue weighted by Gasteiger charge is 2.31. The number of nitrogens with zero attached hydrogens (tertiary/aromatic N) is 2. The predicted octanol–water partition coefficient (Wildman–Crippen LogP) is 3.22. The molecule has 7 heteroatoms. The van der Waals surface area contributed by atoms with E-state index in [2.05, 4.69) is 14.5 Å². The molecule has 0 unspecified atom stereocenters. The van der Waals surface area contributed by atoms with Crippen LogP contribution in [0.5, 0.6) is 0 Å². The Morgan fingerprint density at radius 2 is 1.67 bits per heavy atom. The van der Waals surface area contributed by atoms with E-state index < -0.39 is 15.8 Å². The van der Waals surface area contributed by atoms with Crippen molar-refractivity contribution in [3.8, 4) is 0 Å². The van der Waals surface area contributed by atoms with Crippen LogP contribution in [0.25, 0.3) is 0 Å². The van der Waals surface area contributed by atoms with Gasteiger partial charge in [-0.25, -0.2) is 12.8 Å². The third kappa shape index (κ3) is 4.09. The van der Waals surface area contributed by atoms with Gasteiger partial charge in [0.05, 0.1) is 4.90 Å². The summed E-state index contributed by atoms with van der Waals surface area (Å²) < 4.78 is 41.0. The van der Waals surface area contributed by atoms with Gasteiger partial charge in [-0.3, -0.25) is 9.62 Å². The van der Waals surface area contributed by atoms with E-state index in [1.165, 1.54) is 31.0 Å². The van der Waals surface area contributed by atoms with Gasteiger partial charge in [0, 0.05) is 43.6 Å². The third-order valence-electron chi connectivity index (χ3n) is 5.30. The van der Waals surface area contributed by atoms with Crippen molar-refractivity contribution in [3.63, 3.8) is 0 Å². The van der Waals surface area contributed by atoms with Gasteiger partial charge >= 0.3 is 0 Å². The Morgan fingerprint density at radius 3 is 2.26 bits per heavy atom. The molecule has 1 saturated heterocycles. The molecule has 0 radical (unpaired) electrons. The Morgan fingerprint density at radius 1 is 1.00 bits per heavy atom. The molecule has 144 valence electrons. The second-order valence-electron chi connectivity index (χ2n) is 7.32. The Labute approximate surface area is 159 Å². The monoisotopic (exact) mass is 389 g/mol. The van der Waals surface area contributed by atoms with Crippen LogP contribution in [-0.4, -0.2) is 45.5 Å². The van der Waals surface area contributed by atoms with E-state index >= 15 is 0 Å². The molecular formula is C20H24FN3O2S. The molecule has 2 fully saturated rings. The summed E-state index contributed by atoms with van der Waals surface area (Å²) in [6.07, 6.45) is 2.67. The van der Waals surface area contributed by atoms with E-state index in [9.17, 15) is 12.8 Å². The number of hydrogen-bond acceptors (Lipinski definition) is 4. The summed E-state index contributed by atoms with van der Waals surface area (Å²) in [5, 5.41) is 0. The molecule has 0 aromatic heterocycles. The molecule has 0 spiro atoms. The number of piperazine rings is 1. The first kappa shape index (κ1) is 18.3. The largest absolute Gasteiger partial charge is 0.369 e. The lowest BCUT2D eigenvalue weighted by Crippen LogP contribution is -2.47. The van der Waals surface area contributed by atoms with Crippen LogP contribution in [0.4, 0.5) is 15.8 Å². The zero-order chi connectivity index (χ0) is 19.0. The second-order valence-corrected chi connectivity index (χ2v) is 9.00. The van der Waals surface area contributed by atoms with Crippen LogP contribution in [0.15, 0.2) is 47.4 Å². The van der Waals surface area contributed by atoms with Crippen LogP contribution in [0, 0.1) is 12.7 Å². The lowest BCUT2D eigenvalue weighted by atomic mass is 10.2. The number of hydrogen-bond donors (Lipinski definition) is 1. The first-order valence-corrected chi connectivity index (χ1v) is 10.8. The number of anilines is 2. The van der Waals surface area contributed by atoms with Crippen molar-refractivity contribution in [2.24, 2.45) is 0 Å². The van der Waals surface area contributed by atoms with Crippen molar-refractivity contribution < 1.29 is 12.8 Å².